The van der Waals surface area contributed by atoms with Crippen LogP contribution in [0.4, 0.5) is 5.69 Å². The zero-order chi connectivity index (χ0) is 18.5. The highest BCUT2D eigenvalue weighted by Gasteiger charge is 2.14. The number of nitrogens with one attached hydrogen (secondary N) is 1. The fourth-order valence-electron chi connectivity index (χ4n) is 2.11. The molecule has 0 radical (unpaired) electrons. The number of hydrogen-bond acceptors (Lipinski definition) is 7. The average molecular weight is 370 g/mol. The third-order valence-electron chi connectivity index (χ3n) is 3.46. The number of carboxylic acids is 1. The van der Waals surface area contributed by atoms with Crippen molar-refractivity contribution in [2.45, 2.75) is 5.16 Å². The summed E-state index contributed by atoms with van der Waals surface area (Å²) in [6, 6.07) is 12.3. The Balaban J connectivity index is 1.71. The van der Waals surface area contributed by atoms with Crippen LogP contribution in [-0.4, -0.2) is 42.8 Å². The molecule has 3 aromatic rings. The number of carbonyl (C=O) groups is 2. The van der Waals surface area contributed by atoms with Crippen molar-refractivity contribution in [3.8, 4) is 5.69 Å². The fraction of sp³-hybridized carbons (Fsp3) is 0.0625. The second kappa shape index (κ2) is 7.66. The average Bonchev–Trinajstić information content (AvgIpc) is 3.15. The smallest absolute Gasteiger partial charge is 0.335 e. The van der Waals surface area contributed by atoms with E-state index in [4.69, 9.17) is 5.11 Å². The molecule has 26 heavy (non-hydrogen) atoms. The van der Waals surface area contributed by atoms with E-state index < -0.39 is 5.97 Å². The SMILES string of the molecule is O=[NH+]c1ccc(C(=O)CSc2nnnn2-c2ccc(C(=O)O)cc2)cc1. The van der Waals surface area contributed by atoms with Crippen LogP contribution in [0.1, 0.15) is 20.7 Å². The fourth-order valence-corrected chi connectivity index (χ4v) is 2.90. The van der Waals surface area contributed by atoms with Gasteiger partial charge in [-0.2, -0.15) is 4.68 Å². The molecule has 0 unspecified atom stereocenters. The van der Waals surface area contributed by atoms with E-state index in [9.17, 15) is 14.5 Å². The number of tetrazole rings is 1. The molecule has 0 fully saturated rings. The number of aromatic nitrogens is 4. The maximum atomic E-state index is 12.2. The van der Waals surface area contributed by atoms with Gasteiger partial charge in [0.1, 0.15) is 0 Å². The molecule has 9 nitrogen and oxygen atoms in total. The van der Waals surface area contributed by atoms with E-state index in [-0.39, 0.29) is 17.1 Å². The molecule has 3 rings (SSSR count). The van der Waals surface area contributed by atoms with Gasteiger partial charge in [-0.3, -0.25) is 4.79 Å². The first-order valence-electron chi connectivity index (χ1n) is 7.35. The van der Waals surface area contributed by atoms with Gasteiger partial charge in [0.05, 0.1) is 17.0 Å². The molecule has 2 aromatic carbocycles. The van der Waals surface area contributed by atoms with Gasteiger partial charge in [-0.15, -0.1) is 5.10 Å². The van der Waals surface area contributed by atoms with E-state index in [2.05, 4.69) is 15.5 Å². The molecule has 0 saturated carbocycles. The number of carboxylic acid groups (broad SMARTS) is 1. The second-order valence-corrected chi connectivity index (χ2v) is 6.06. The van der Waals surface area contributed by atoms with Crippen molar-refractivity contribution >= 4 is 29.2 Å². The number of aromatic carboxylic acids is 1. The molecule has 0 aliphatic carbocycles. The van der Waals surface area contributed by atoms with Crippen molar-refractivity contribution in [3.05, 3.63) is 64.6 Å². The lowest BCUT2D eigenvalue weighted by atomic mass is 10.1. The van der Waals surface area contributed by atoms with Crippen LogP contribution in [0.3, 0.4) is 0 Å². The van der Waals surface area contributed by atoms with E-state index in [0.29, 0.717) is 22.1 Å². The summed E-state index contributed by atoms with van der Waals surface area (Å²) in [4.78, 5) is 33.7. The summed E-state index contributed by atoms with van der Waals surface area (Å²) in [6.45, 7) is 0. The van der Waals surface area contributed by atoms with Gasteiger partial charge in [0.25, 0.3) is 5.69 Å². The Morgan fingerprint density at radius 3 is 2.31 bits per heavy atom. The summed E-state index contributed by atoms with van der Waals surface area (Å²) >= 11 is 1.16. The first kappa shape index (κ1) is 17.4. The van der Waals surface area contributed by atoms with E-state index in [1.54, 1.807) is 29.4 Å². The number of benzene rings is 2. The zero-order valence-electron chi connectivity index (χ0n) is 13.2. The molecule has 0 atom stereocenters. The van der Waals surface area contributed by atoms with Gasteiger partial charge in [0, 0.05) is 27.8 Å². The van der Waals surface area contributed by atoms with Crippen LogP contribution in [-0.2, 0) is 0 Å². The molecule has 0 amide bonds. The van der Waals surface area contributed by atoms with Crippen LogP contribution in [0.5, 0.6) is 0 Å². The van der Waals surface area contributed by atoms with Crippen LogP contribution < -0.4 is 5.18 Å². The van der Waals surface area contributed by atoms with Crippen LogP contribution in [0.2, 0.25) is 0 Å². The van der Waals surface area contributed by atoms with Crippen molar-refractivity contribution in [2.75, 3.05) is 5.75 Å². The first-order valence-corrected chi connectivity index (χ1v) is 8.33. The first-order chi connectivity index (χ1) is 12.6. The molecule has 0 aliphatic heterocycles. The van der Waals surface area contributed by atoms with E-state index in [0.717, 1.165) is 11.8 Å². The van der Waals surface area contributed by atoms with Gasteiger partial charge in [-0.05, 0) is 46.8 Å². The highest BCUT2D eigenvalue weighted by molar-refractivity contribution is 7.99. The third kappa shape index (κ3) is 3.81. The molecule has 0 spiro atoms. The molecule has 0 bridgehead atoms. The summed E-state index contributed by atoms with van der Waals surface area (Å²) in [5, 5.41) is 22.4. The van der Waals surface area contributed by atoms with Gasteiger partial charge in [-0.25, -0.2) is 4.79 Å². The van der Waals surface area contributed by atoms with Crippen molar-refractivity contribution in [1.82, 2.24) is 20.2 Å². The standard InChI is InChI=1S/C16H11N5O4S/c22-14(10-1-5-12(18-25)6-2-10)9-26-16-17-19-20-21(16)13-7-3-11(4-8-13)15(23)24/h1-8H,9H2,(H,23,24)/p+1. The molecular weight excluding hydrogens is 358 g/mol. The van der Waals surface area contributed by atoms with Crippen LogP contribution in [0.25, 0.3) is 5.69 Å². The third-order valence-corrected chi connectivity index (χ3v) is 4.38. The van der Waals surface area contributed by atoms with Crippen molar-refractivity contribution in [3.63, 3.8) is 0 Å². The summed E-state index contributed by atoms with van der Waals surface area (Å²) in [5.74, 6) is -1.05. The van der Waals surface area contributed by atoms with Gasteiger partial charge in [-0.1, -0.05) is 11.8 Å². The van der Waals surface area contributed by atoms with Crippen molar-refractivity contribution in [1.29, 1.82) is 0 Å². The molecular formula is C16H12N5O4S+. The number of thioether (sulfide) groups is 1. The largest absolute Gasteiger partial charge is 0.478 e. The highest BCUT2D eigenvalue weighted by Crippen LogP contribution is 2.20. The Morgan fingerprint density at radius 2 is 1.69 bits per heavy atom. The topological polar surface area (TPSA) is 129 Å². The maximum Gasteiger partial charge on any atom is 0.335 e. The van der Waals surface area contributed by atoms with E-state index in [1.807, 2.05) is 0 Å². The maximum absolute atomic E-state index is 12.2. The van der Waals surface area contributed by atoms with Crippen LogP contribution >= 0.6 is 11.8 Å². The Labute approximate surface area is 151 Å². The lowest BCUT2D eigenvalue weighted by Crippen LogP contribution is -2.55. The summed E-state index contributed by atoms with van der Waals surface area (Å²) < 4.78 is 1.42. The van der Waals surface area contributed by atoms with E-state index >= 15 is 0 Å². The monoisotopic (exact) mass is 370 g/mol. The van der Waals surface area contributed by atoms with Gasteiger partial charge >= 0.3 is 5.97 Å². The second-order valence-electron chi connectivity index (χ2n) is 5.12. The molecule has 1 aromatic heterocycles. The Morgan fingerprint density at radius 1 is 1.04 bits per heavy atom. The van der Waals surface area contributed by atoms with Crippen LogP contribution in [0, 0.1) is 4.91 Å². The minimum atomic E-state index is -1.02. The number of nitrogens with zero attached hydrogens (tertiary/aromatic N) is 4. The lowest BCUT2D eigenvalue weighted by molar-refractivity contribution is -0.379. The Bertz CT molecular complexity index is 954. The van der Waals surface area contributed by atoms with Crippen molar-refractivity contribution in [2.24, 2.45) is 0 Å². The van der Waals surface area contributed by atoms with Crippen LogP contribution in [0.15, 0.2) is 53.7 Å². The molecule has 1 heterocycles. The summed E-state index contributed by atoms with van der Waals surface area (Å²) in [6.07, 6.45) is 0. The van der Waals surface area contributed by atoms with Gasteiger partial charge in [0.2, 0.25) is 5.16 Å². The molecule has 0 aliphatic rings. The quantitative estimate of drug-likeness (QED) is 0.462. The number of hydrogen-bond donors (Lipinski definition) is 2. The Kier molecular flexibility index (Phi) is 5.13. The van der Waals surface area contributed by atoms with Crippen molar-refractivity contribution < 1.29 is 19.9 Å². The minimum Gasteiger partial charge on any atom is -0.478 e. The lowest BCUT2D eigenvalue weighted by Gasteiger charge is -2.04. The number of nitroso groups, excluding NO2 is 1. The number of Topliss-reactive ketones (excluding diaryl/α,β-unsaturated/α-hetero) is 1. The number of carbonyl (C=O) groups excluding carboxylic acids is 1. The number of ketones is 1. The predicted molar refractivity (Wildman–Crippen MR) is 91.6 cm³/mol. The number of rotatable bonds is 7. The normalized spacial score (nSPS) is 10.5. The molecule has 10 heteroatoms. The Hall–Kier alpha value is -3.40. The minimum absolute atomic E-state index is 0.109. The highest BCUT2D eigenvalue weighted by atomic mass is 32.2. The molecule has 130 valence electrons. The molecule has 2 N–H and O–H groups in total. The molecule has 0 saturated heterocycles. The summed E-state index contributed by atoms with van der Waals surface area (Å²) in [5.41, 5.74) is 1.59. The van der Waals surface area contributed by atoms with E-state index in [1.165, 1.54) is 28.9 Å². The van der Waals surface area contributed by atoms with Gasteiger partial charge in [0.15, 0.2) is 5.78 Å². The predicted octanol–water partition coefficient (Wildman–Crippen LogP) is 0.814. The zero-order valence-corrected chi connectivity index (χ0v) is 14.0. The van der Waals surface area contributed by atoms with Gasteiger partial charge < -0.3 is 5.11 Å². The summed E-state index contributed by atoms with van der Waals surface area (Å²) in [7, 11) is 0.